The van der Waals surface area contributed by atoms with Crippen LogP contribution in [0, 0.1) is 0 Å². The van der Waals surface area contributed by atoms with Crippen molar-refractivity contribution in [1.82, 2.24) is 30.1 Å². The van der Waals surface area contributed by atoms with Gasteiger partial charge in [-0.25, -0.2) is 9.67 Å². The number of hydrogen-bond acceptors (Lipinski definition) is 7. The van der Waals surface area contributed by atoms with E-state index in [9.17, 15) is 0 Å². The Labute approximate surface area is 186 Å². The molecular weight excluding hydrogens is 406 g/mol. The lowest BCUT2D eigenvalue weighted by Gasteiger charge is -2.38. The molecule has 1 fully saturated rings. The predicted octanol–water partition coefficient (Wildman–Crippen LogP) is 3.99. The van der Waals surface area contributed by atoms with Crippen LogP contribution in [-0.4, -0.2) is 56.3 Å². The minimum atomic E-state index is 0.237. The van der Waals surface area contributed by atoms with Crippen molar-refractivity contribution in [3.05, 3.63) is 66.0 Å². The van der Waals surface area contributed by atoms with Crippen LogP contribution in [0.4, 0.5) is 5.13 Å². The van der Waals surface area contributed by atoms with Crippen molar-refractivity contribution in [2.45, 2.75) is 32.4 Å². The normalized spacial score (nSPS) is 16.1. The molecule has 0 amide bonds. The highest BCUT2D eigenvalue weighted by Gasteiger charge is 2.29. The minimum absolute atomic E-state index is 0.237. The number of hydrogen-bond donors (Lipinski definition) is 0. The van der Waals surface area contributed by atoms with Crippen LogP contribution in [0.25, 0.3) is 10.2 Å². The predicted molar refractivity (Wildman–Crippen MR) is 124 cm³/mol. The fourth-order valence-electron chi connectivity index (χ4n) is 4.29. The number of thiazole rings is 1. The first-order chi connectivity index (χ1) is 15.3. The first kappa shape index (κ1) is 20.1. The molecule has 0 unspecified atom stereocenters. The maximum atomic E-state index is 4.84. The minimum Gasteiger partial charge on any atom is -0.345 e. The zero-order chi connectivity index (χ0) is 21.0. The zero-order valence-corrected chi connectivity index (χ0v) is 18.6. The molecule has 1 saturated heterocycles. The van der Waals surface area contributed by atoms with Gasteiger partial charge in [-0.15, -0.1) is 5.10 Å². The van der Waals surface area contributed by atoms with Crippen molar-refractivity contribution in [2.75, 3.05) is 31.1 Å². The third-order valence-electron chi connectivity index (χ3n) is 5.90. The van der Waals surface area contributed by atoms with Gasteiger partial charge in [0, 0.05) is 26.2 Å². The smallest absolute Gasteiger partial charge is 0.186 e. The Kier molecular flexibility index (Phi) is 5.90. The van der Waals surface area contributed by atoms with Crippen molar-refractivity contribution in [3.8, 4) is 0 Å². The number of piperazine rings is 1. The topological polar surface area (TPSA) is 63.0 Å². The first-order valence-corrected chi connectivity index (χ1v) is 11.8. The highest BCUT2D eigenvalue weighted by atomic mass is 32.1. The van der Waals surface area contributed by atoms with E-state index in [0.29, 0.717) is 6.54 Å². The van der Waals surface area contributed by atoms with Gasteiger partial charge in [-0.2, -0.15) is 0 Å². The number of benzene rings is 2. The molecule has 1 aliphatic heterocycles. The molecule has 5 rings (SSSR count). The van der Waals surface area contributed by atoms with Crippen LogP contribution in [0.3, 0.4) is 0 Å². The van der Waals surface area contributed by atoms with Crippen LogP contribution in [-0.2, 0) is 6.54 Å². The summed E-state index contributed by atoms with van der Waals surface area (Å²) in [7, 11) is 0. The lowest BCUT2D eigenvalue weighted by atomic mass is 10.1. The van der Waals surface area contributed by atoms with E-state index < -0.39 is 0 Å². The molecule has 8 heteroatoms. The van der Waals surface area contributed by atoms with Crippen molar-refractivity contribution in [1.29, 1.82) is 0 Å². The van der Waals surface area contributed by atoms with E-state index in [0.717, 1.165) is 55.5 Å². The highest BCUT2D eigenvalue weighted by Crippen LogP contribution is 2.31. The van der Waals surface area contributed by atoms with Crippen molar-refractivity contribution in [2.24, 2.45) is 0 Å². The summed E-state index contributed by atoms with van der Waals surface area (Å²) in [6.07, 6.45) is 2.15. The number of anilines is 1. The average Bonchev–Trinajstić information content (AvgIpc) is 3.45. The second-order valence-electron chi connectivity index (χ2n) is 7.97. The highest BCUT2D eigenvalue weighted by molar-refractivity contribution is 7.22. The lowest BCUT2D eigenvalue weighted by Crippen LogP contribution is -2.48. The molecule has 160 valence electrons. The summed E-state index contributed by atoms with van der Waals surface area (Å²) in [5, 5.41) is 13.9. The summed E-state index contributed by atoms with van der Waals surface area (Å²) in [6.45, 7) is 6.85. The number of rotatable bonds is 7. The van der Waals surface area contributed by atoms with E-state index in [1.807, 2.05) is 10.7 Å². The van der Waals surface area contributed by atoms with Crippen LogP contribution in [0.5, 0.6) is 0 Å². The molecule has 0 radical (unpaired) electrons. The van der Waals surface area contributed by atoms with Gasteiger partial charge in [0.05, 0.1) is 22.8 Å². The third-order valence-corrected chi connectivity index (χ3v) is 7.00. The number of para-hydroxylation sites is 1. The fraction of sp³-hybridized carbons (Fsp3) is 0.391. The maximum Gasteiger partial charge on any atom is 0.186 e. The van der Waals surface area contributed by atoms with E-state index in [-0.39, 0.29) is 6.04 Å². The van der Waals surface area contributed by atoms with Crippen LogP contribution < -0.4 is 4.90 Å². The van der Waals surface area contributed by atoms with Gasteiger partial charge < -0.3 is 4.90 Å². The largest absolute Gasteiger partial charge is 0.345 e. The molecule has 0 bridgehead atoms. The number of fused-ring (bicyclic) bond motifs is 1. The van der Waals surface area contributed by atoms with Gasteiger partial charge in [-0.3, -0.25) is 4.90 Å². The quantitative estimate of drug-likeness (QED) is 0.439. The van der Waals surface area contributed by atoms with E-state index in [2.05, 4.69) is 80.8 Å². The number of aromatic nitrogens is 5. The average molecular weight is 434 g/mol. The Morgan fingerprint density at radius 3 is 2.52 bits per heavy atom. The van der Waals surface area contributed by atoms with Gasteiger partial charge in [0.2, 0.25) is 0 Å². The molecule has 31 heavy (non-hydrogen) atoms. The van der Waals surface area contributed by atoms with E-state index in [4.69, 9.17) is 4.98 Å². The Bertz CT molecular complexity index is 1080. The molecule has 0 spiro atoms. The number of tetrazole rings is 1. The standard InChI is InChI=1S/C23H27N7S/c1-2-8-20(22-25-26-27-30(22)17-18-9-4-3-5-10-18)28-13-15-29(16-14-28)23-24-19-11-6-7-12-21(19)31-23/h3-7,9-12,20H,2,8,13-17H2,1H3/t20-/m0/s1. The van der Waals surface area contributed by atoms with E-state index in [1.54, 1.807) is 11.3 Å². The molecule has 4 aromatic rings. The summed E-state index contributed by atoms with van der Waals surface area (Å²) >= 11 is 1.78. The van der Waals surface area contributed by atoms with Gasteiger partial charge in [-0.05, 0) is 34.5 Å². The lowest BCUT2D eigenvalue weighted by molar-refractivity contribution is 0.164. The van der Waals surface area contributed by atoms with Gasteiger partial charge in [-0.1, -0.05) is 67.1 Å². The summed E-state index contributed by atoms with van der Waals surface area (Å²) < 4.78 is 3.22. The van der Waals surface area contributed by atoms with Crippen molar-refractivity contribution >= 4 is 26.7 Å². The fourth-order valence-corrected chi connectivity index (χ4v) is 5.31. The van der Waals surface area contributed by atoms with Crippen molar-refractivity contribution in [3.63, 3.8) is 0 Å². The molecule has 1 aliphatic rings. The molecule has 2 aromatic heterocycles. The summed E-state index contributed by atoms with van der Waals surface area (Å²) in [4.78, 5) is 9.80. The molecule has 0 N–H and O–H groups in total. The van der Waals surface area contributed by atoms with Crippen LogP contribution >= 0.6 is 11.3 Å². The molecule has 0 saturated carbocycles. The molecule has 2 aromatic carbocycles. The monoisotopic (exact) mass is 433 g/mol. The third kappa shape index (κ3) is 4.31. The summed E-state index contributed by atoms with van der Waals surface area (Å²) in [5.41, 5.74) is 2.31. The Morgan fingerprint density at radius 2 is 1.74 bits per heavy atom. The SMILES string of the molecule is CCC[C@@H](c1nnnn1Cc1ccccc1)N1CCN(c2nc3ccccc3s2)CC1. The van der Waals surface area contributed by atoms with Gasteiger partial charge in [0.1, 0.15) is 0 Å². The van der Waals surface area contributed by atoms with Gasteiger partial charge in [0.15, 0.2) is 11.0 Å². The van der Waals surface area contributed by atoms with Gasteiger partial charge >= 0.3 is 0 Å². The molecule has 1 atom stereocenters. The van der Waals surface area contributed by atoms with Gasteiger partial charge in [0.25, 0.3) is 0 Å². The molecule has 0 aliphatic carbocycles. The Hall–Kier alpha value is -2.84. The molecule has 3 heterocycles. The van der Waals surface area contributed by atoms with Crippen molar-refractivity contribution < 1.29 is 0 Å². The zero-order valence-electron chi connectivity index (χ0n) is 17.8. The van der Waals surface area contributed by atoms with Crippen LogP contribution in [0.2, 0.25) is 0 Å². The molecular formula is C23H27N7S. The van der Waals surface area contributed by atoms with Crippen LogP contribution in [0.15, 0.2) is 54.6 Å². The first-order valence-electron chi connectivity index (χ1n) is 11.0. The maximum absolute atomic E-state index is 4.84. The molecule has 7 nitrogen and oxygen atoms in total. The summed E-state index contributed by atoms with van der Waals surface area (Å²) in [6, 6.07) is 19.0. The summed E-state index contributed by atoms with van der Waals surface area (Å²) in [5.74, 6) is 0.971. The van der Waals surface area contributed by atoms with E-state index >= 15 is 0 Å². The second kappa shape index (κ2) is 9.11. The Balaban J connectivity index is 1.30. The van der Waals surface area contributed by atoms with Crippen LogP contribution in [0.1, 0.15) is 37.2 Å². The van der Waals surface area contributed by atoms with E-state index in [1.165, 1.54) is 10.3 Å². The Morgan fingerprint density at radius 1 is 0.968 bits per heavy atom. The second-order valence-corrected chi connectivity index (χ2v) is 8.98. The number of nitrogens with zero attached hydrogens (tertiary/aromatic N) is 7.